The van der Waals surface area contributed by atoms with E-state index in [9.17, 15) is 14.4 Å². The first-order valence-corrected chi connectivity index (χ1v) is 9.01. The van der Waals surface area contributed by atoms with E-state index in [1.165, 1.54) is 18.9 Å². The molecule has 0 aliphatic carbocycles. The van der Waals surface area contributed by atoms with E-state index in [2.05, 4.69) is 5.32 Å². The van der Waals surface area contributed by atoms with E-state index in [0.717, 1.165) is 5.56 Å². The second-order valence-corrected chi connectivity index (χ2v) is 6.85. The van der Waals surface area contributed by atoms with E-state index in [0.29, 0.717) is 31.0 Å². The molecular weight excluding hydrogens is 366 g/mol. The number of carboxylic acid groups (broad SMARTS) is 1. The van der Waals surface area contributed by atoms with Crippen molar-refractivity contribution in [2.24, 2.45) is 5.92 Å². The topological polar surface area (TPSA) is 108 Å². The number of urea groups is 1. The van der Waals surface area contributed by atoms with Crippen LogP contribution in [0.1, 0.15) is 18.9 Å². The molecule has 0 radical (unpaired) electrons. The average Bonchev–Trinajstić information content (AvgIpc) is 3.01. The van der Waals surface area contributed by atoms with Crippen molar-refractivity contribution in [3.05, 3.63) is 23.8 Å². The Labute approximate surface area is 164 Å². The third kappa shape index (κ3) is 5.05. The maximum absolute atomic E-state index is 12.7. The summed E-state index contributed by atoms with van der Waals surface area (Å²) in [6, 6.07) is 4.32. The standard InChI is InChI=1S/C19H27N3O6/c1-12(18(24)25)10-21(2)19(26)20-15-7-8-22(17(15)23)11-13-5-6-14(27-3)9-16(13)28-4/h5-6,9,12,15H,7-8,10-11H2,1-4H3,(H,20,26)(H,24,25). The van der Waals surface area contributed by atoms with Crippen molar-refractivity contribution < 1.29 is 29.0 Å². The zero-order valence-electron chi connectivity index (χ0n) is 16.6. The van der Waals surface area contributed by atoms with Gasteiger partial charge in [-0.1, -0.05) is 6.92 Å². The number of methoxy groups -OCH3 is 2. The third-order valence-corrected chi connectivity index (χ3v) is 4.77. The second kappa shape index (κ2) is 9.29. The molecule has 9 nitrogen and oxygen atoms in total. The van der Waals surface area contributed by atoms with Gasteiger partial charge in [-0.15, -0.1) is 0 Å². The van der Waals surface area contributed by atoms with Crippen LogP contribution in [0.15, 0.2) is 18.2 Å². The molecule has 2 atom stereocenters. The summed E-state index contributed by atoms with van der Waals surface area (Å²) >= 11 is 0. The van der Waals surface area contributed by atoms with E-state index in [1.807, 2.05) is 6.07 Å². The molecule has 1 aliphatic rings. The fourth-order valence-corrected chi connectivity index (χ4v) is 3.05. The molecule has 1 aliphatic heterocycles. The van der Waals surface area contributed by atoms with E-state index >= 15 is 0 Å². The van der Waals surface area contributed by atoms with Gasteiger partial charge in [0, 0.05) is 38.3 Å². The van der Waals surface area contributed by atoms with Crippen LogP contribution in [-0.4, -0.2) is 73.2 Å². The lowest BCUT2D eigenvalue weighted by Crippen LogP contribution is -2.48. The Hall–Kier alpha value is -2.97. The molecule has 0 saturated carbocycles. The number of hydrogen-bond donors (Lipinski definition) is 2. The van der Waals surface area contributed by atoms with Crippen LogP contribution in [0.3, 0.4) is 0 Å². The highest BCUT2D eigenvalue weighted by molar-refractivity contribution is 5.88. The summed E-state index contributed by atoms with van der Waals surface area (Å²) in [6.07, 6.45) is 0.491. The van der Waals surface area contributed by atoms with Gasteiger partial charge in [-0.25, -0.2) is 4.79 Å². The van der Waals surface area contributed by atoms with Gasteiger partial charge in [-0.05, 0) is 18.6 Å². The Kier molecular flexibility index (Phi) is 7.08. The molecule has 9 heteroatoms. The number of benzene rings is 1. The van der Waals surface area contributed by atoms with E-state index in [1.54, 1.807) is 31.3 Å². The van der Waals surface area contributed by atoms with Gasteiger partial charge >= 0.3 is 12.0 Å². The minimum absolute atomic E-state index is 0.0643. The van der Waals surface area contributed by atoms with Crippen LogP contribution in [0.2, 0.25) is 0 Å². The van der Waals surface area contributed by atoms with Crippen molar-refractivity contribution in [2.75, 3.05) is 34.4 Å². The van der Waals surface area contributed by atoms with Crippen LogP contribution in [-0.2, 0) is 16.1 Å². The molecule has 1 saturated heterocycles. The average molecular weight is 393 g/mol. The van der Waals surface area contributed by atoms with Gasteiger partial charge in [0.1, 0.15) is 17.5 Å². The van der Waals surface area contributed by atoms with Gasteiger partial charge in [-0.3, -0.25) is 9.59 Å². The summed E-state index contributed by atoms with van der Waals surface area (Å²) in [7, 11) is 4.63. The maximum atomic E-state index is 12.7. The van der Waals surface area contributed by atoms with Crippen LogP contribution in [0.25, 0.3) is 0 Å². The minimum atomic E-state index is -0.976. The quantitative estimate of drug-likeness (QED) is 0.686. The molecule has 154 valence electrons. The van der Waals surface area contributed by atoms with Gasteiger partial charge < -0.3 is 29.7 Å². The van der Waals surface area contributed by atoms with E-state index in [4.69, 9.17) is 14.6 Å². The summed E-state index contributed by atoms with van der Waals surface area (Å²) in [6.45, 7) is 2.46. The molecule has 2 N–H and O–H groups in total. The van der Waals surface area contributed by atoms with Crippen molar-refractivity contribution in [3.8, 4) is 11.5 Å². The molecule has 0 spiro atoms. The molecule has 1 aromatic rings. The Bertz CT molecular complexity index is 738. The first-order valence-electron chi connectivity index (χ1n) is 9.01. The number of nitrogens with zero attached hydrogens (tertiary/aromatic N) is 2. The third-order valence-electron chi connectivity index (χ3n) is 4.77. The molecule has 2 rings (SSSR count). The van der Waals surface area contributed by atoms with E-state index < -0.39 is 24.0 Å². The molecule has 1 aromatic carbocycles. The zero-order chi connectivity index (χ0) is 20.8. The lowest BCUT2D eigenvalue weighted by atomic mass is 10.1. The number of carbonyl (C=O) groups excluding carboxylic acids is 2. The number of amides is 3. The van der Waals surface area contributed by atoms with Crippen molar-refractivity contribution in [1.82, 2.24) is 15.1 Å². The van der Waals surface area contributed by atoms with Gasteiger partial charge in [0.05, 0.1) is 20.1 Å². The van der Waals surface area contributed by atoms with Gasteiger partial charge in [0.25, 0.3) is 0 Å². The number of carboxylic acids is 1. The van der Waals surface area contributed by atoms with Crippen molar-refractivity contribution in [2.45, 2.75) is 25.9 Å². The van der Waals surface area contributed by atoms with Crippen LogP contribution >= 0.6 is 0 Å². The summed E-state index contributed by atoms with van der Waals surface area (Å²) in [5.41, 5.74) is 0.844. The first kappa shape index (κ1) is 21.3. The molecule has 1 heterocycles. The van der Waals surface area contributed by atoms with Gasteiger partial charge in [-0.2, -0.15) is 0 Å². The number of hydrogen-bond acceptors (Lipinski definition) is 5. The highest BCUT2D eigenvalue weighted by Crippen LogP contribution is 2.27. The smallest absolute Gasteiger partial charge is 0.317 e. The van der Waals surface area contributed by atoms with Crippen LogP contribution in [0, 0.1) is 5.92 Å². The largest absolute Gasteiger partial charge is 0.497 e. The van der Waals surface area contributed by atoms with E-state index in [-0.39, 0.29) is 12.5 Å². The lowest BCUT2D eigenvalue weighted by molar-refractivity contribution is -0.141. The first-order chi connectivity index (χ1) is 13.3. The molecular formula is C19H27N3O6. The number of nitrogens with one attached hydrogen (secondary N) is 1. The predicted molar refractivity (Wildman–Crippen MR) is 101 cm³/mol. The Morgan fingerprint density at radius 3 is 2.68 bits per heavy atom. The number of ether oxygens (including phenoxy) is 2. The number of aliphatic carboxylic acids is 1. The number of carbonyl (C=O) groups is 3. The molecule has 28 heavy (non-hydrogen) atoms. The Morgan fingerprint density at radius 1 is 1.36 bits per heavy atom. The summed E-state index contributed by atoms with van der Waals surface area (Å²) in [4.78, 5) is 38.8. The van der Waals surface area contributed by atoms with Crippen molar-refractivity contribution in [1.29, 1.82) is 0 Å². The molecule has 0 aromatic heterocycles. The van der Waals surface area contributed by atoms with Crippen molar-refractivity contribution >= 4 is 17.9 Å². The molecule has 0 bridgehead atoms. The van der Waals surface area contributed by atoms with Crippen molar-refractivity contribution in [3.63, 3.8) is 0 Å². The normalized spacial score (nSPS) is 17.2. The minimum Gasteiger partial charge on any atom is -0.497 e. The molecule has 2 unspecified atom stereocenters. The Morgan fingerprint density at radius 2 is 2.07 bits per heavy atom. The molecule has 1 fully saturated rings. The summed E-state index contributed by atoms with van der Waals surface area (Å²) < 4.78 is 10.5. The summed E-state index contributed by atoms with van der Waals surface area (Å²) in [5, 5.41) is 11.6. The fourth-order valence-electron chi connectivity index (χ4n) is 3.05. The monoisotopic (exact) mass is 393 g/mol. The predicted octanol–water partition coefficient (Wildman–Crippen LogP) is 1.17. The lowest BCUT2D eigenvalue weighted by Gasteiger charge is -2.22. The Balaban J connectivity index is 1.96. The van der Waals surface area contributed by atoms with Gasteiger partial charge in [0.2, 0.25) is 5.91 Å². The SMILES string of the molecule is COc1ccc(CN2CCC(NC(=O)N(C)CC(C)C(=O)O)C2=O)c(OC)c1. The second-order valence-electron chi connectivity index (χ2n) is 6.85. The number of rotatable bonds is 8. The highest BCUT2D eigenvalue weighted by atomic mass is 16.5. The highest BCUT2D eigenvalue weighted by Gasteiger charge is 2.34. The van der Waals surface area contributed by atoms with Gasteiger partial charge in [0.15, 0.2) is 0 Å². The summed E-state index contributed by atoms with van der Waals surface area (Å²) in [5.74, 6) is -0.546. The zero-order valence-corrected chi connectivity index (χ0v) is 16.6. The van der Waals surface area contributed by atoms with Crippen LogP contribution in [0.4, 0.5) is 4.79 Å². The maximum Gasteiger partial charge on any atom is 0.317 e. The van der Waals surface area contributed by atoms with Crippen LogP contribution in [0.5, 0.6) is 11.5 Å². The fraction of sp³-hybridized carbons (Fsp3) is 0.526. The molecule has 3 amide bonds. The van der Waals surface area contributed by atoms with Crippen LogP contribution < -0.4 is 14.8 Å². The number of likely N-dealkylation sites (tertiary alicyclic amines) is 1.